The molecule has 3 aromatic rings. The molecule has 2 N–H and O–H groups in total. The number of nitrogens with zero attached hydrogens (tertiary/aromatic N) is 3. The molecule has 6 heteroatoms. The highest BCUT2D eigenvalue weighted by Crippen LogP contribution is 2.23. The van der Waals surface area contributed by atoms with E-state index in [9.17, 15) is 0 Å². The van der Waals surface area contributed by atoms with Gasteiger partial charge in [0.15, 0.2) is 0 Å². The summed E-state index contributed by atoms with van der Waals surface area (Å²) < 4.78 is 5.41. The highest BCUT2D eigenvalue weighted by atomic mass is 16.5. The third kappa shape index (κ3) is 4.17. The molecule has 0 amide bonds. The molecule has 0 saturated carbocycles. The van der Waals surface area contributed by atoms with Gasteiger partial charge in [-0.3, -0.25) is 0 Å². The van der Waals surface area contributed by atoms with Crippen molar-refractivity contribution in [3.8, 4) is 11.3 Å². The molecule has 138 valence electrons. The number of anilines is 4. The highest BCUT2D eigenvalue weighted by molar-refractivity contribution is 5.65. The fourth-order valence-electron chi connectivity index (χ4n) is 3.09. The van der Waals surface area contributed by atoms with Crippen LogP contribution in [0, 0.1) is 0 Å². The predicted octanol–water partition coefficient (Wildman–Crippen LogP) is 3.77. The monoisotopic (exact) mass is 361 g/mol. The van der Waals surface area contributed by atoms with Crippen molar-refractivity contribution < 1.29 is 4.74 Å². The number of hydrogen-bond acceptors (Lipinski definition) is 6. The molecule has 6 nitrogen and oxygen atoms in total. The van der Waals surface area contributed by atoms with Gasteiger partial charge in [0.05, 0.1) is 18.9 Å². The van der Waals surface area contributed by atoms with E-state index in [2.05, 4.69) is 61.9 Å². The maximum Gasteiger partial charge on any atom is 0.227 e. The summed E-state index contributed by atoms with van der Waals surface area (Å²) in [6, 6.07) is 18.4. The Bertz CT molecular complexity index is 874. The van der Waals surface area contributed by atoms with E-state index in [4.69, 9.17) is 4.74 Å². The zero-order valence-corrected chi connectivity index (χ0v) is 15.4. The molecule has 0 bridgehead atoms. The molecule has 1 saturated heterocycles. The molecule has 2 aromatic carbocycles. The van der Waals surface area contributed by atoms with Crippen LogP contribution in [0.5, 0.6) is 0 Å². The summed E-state index contributed by atoms with van der Waals surface area (Å²) in [5, 5.41) is 6.41. The minimum absolute atomic E-state index is 0.587. The van der Waals surface area contributed by atoms with E-state index in [0.29, 0.717) is 5.95 Å². The van der Waals surface area contributed by atoms with Gasteiger partial charge in [0.1, 0.15) is 0 Å². The fraction of sp³-hybridized carbons (Fsp3) is 0.238. The third-order valence-corrected chi connectivity index (χ3v) is 4.62. The van der Waals surface area contributed by atoms with Crippen LogP contribution in [0.25, 0.3) is 11.3 Å². The number of hydrogen-bond donors (Lipinski definition) is 2. The SMILES string of the molecule is CNc1ccc(-c2ccnc(Nc3ccc(N4CCOCC4)cc3)n2)cc1. The van der Waals surface area contributed by atoms with Crippen LogP contribution in [-0.2, 0) is 4.74 Å². The largest absolute Gasteiger partial charge is 0.388 e. The Morgan fingerprint density at radius 2 is 1.59 bits per heavy atom. The molecule has 0 unspecified atom stereocenters. The summed E-state index contributed by atoms with van der Waals surface area (Å²) in [7, 11) is 1.91. The van der Waals surface area contributed by atoms with Gasteiger partial charge < -0.3 is 20.3 Å². The zero-order valence-electron chi connectivity index (χ0n) is 15.4. The number of ether oxygens (including phenoxy) is 1. The van der Waals surface area contributed by atoms with E-state index in [1.807, 2.05) is 25.2 Å². The van der Waals surface area contributed by atoms with Crippen LogP contribution in [0.4, 0.5) is 23.0 Å². The molecule has 0 aliphatic carbocycles. The molecule has 1 aliphatic heterocycles. The molecule has 1 aliphatic rings. The van der Waals surface area contributed by atoms with Crippen LogP contribution in [-0.4, -0.2) is 43.3 Å². The zero-order chi connectivity index (χ0) is 18.5. The van der Waals surface area contributed by atoms with Crippen LogP contribution in [0.2, 0.25) is 0 Å². The van der Waals surface area contributed by atoms with Crippen molar-refractivity contribution in [2.45, 2.75) is 0 Å². The van der Waals surface area contributed by atoms with Crippen LogP contribution < -0.4 is 15.5 Å². The summed E-state index contributed by atoms with van der Waals surface area (Å²) in [4.78, 5) is 11.3. The number of rotatable bonds is 5. The Hall–Kier alpha value is -3.12. The van der Waals surface area contributed by atoms with Gasteiger partial charge in [0, 0.05) is 49.0 Å². The van der Waals surface area contributed by atoms with E-state index in [-0.39, 0.29) is 0 Å². The average Bonchev–Trinajstić information content (AvgIpc) is 2.75. The van der Waals surface area contributed by atoms with Gasteiger partial charge >= 0.3 is 0 Å². The average molecular weight is 361 g/mol. The summed E-state index contributed by atoms with van der Waals surface area (Å²) >= 11 is 0. The lowest BCUT2D eigenvalue weighted by atomic mass is 10.1. The standard InChI is InChI=1S/C21H23N5O/c1-22-17-4-2-16(3-5-17)20-10-11-23-21(25-20)24-18-6-8-19(9-7-18)26-12-14-27-15-13-26/h2-11,22H,12-15H2,1H3,(H,23,24,25). The number of aromatic nitrogens is 2. The first kappa shape index (κ1) is 17.3. The van der Waals surface area contributed by atoms with Gasteiger partial charge in [-0.1, -0.05) is 12.1 Å². The predicted molar refractivity (Wildman–Crippen MR) is 110 cm³/mol. The maximum absolute atomic E-state index is 5.41. The van der Waals surface area contributed by atoms with Crippen LogP contribution in [0.3, 0.4) is 0 Å². The van der Waals surface area contributed by atoms with Crippen molar-refractivity contribution in [3.05, 3.63) is 60.8 Å². The third-order valence-electron chi connectivity index (χ3n) is 4.62. The normalized spacial score (nSPS) is 14.0. The Balaban J connectivity index is 1.47. The Kier molecular flexibility index (Phi) is 5.16. The Morgan fingerprint density at radius 1 is 0.889 bits per heavy atom. The molecule has 0 spiro atoms. The van der Waals surface area contributed by atoms with Gasteiger partial charge in [-0.15, -0.1) is 0 Å². The fourth-order valence-corrected chi connectivity index (χ4v) is 3.09. The smallest absolute Gasteiger partial charge is 0.227 e. The minimum atomic E-state index is 0.587. The molecule has 1 aromatic heterocycles. The topological polar surface area (TPSA) is 62.3 Å². The summed E-state index contributed by atoms with van der Waals surface area (Å²) in [5.74, 6) is 0.587. The second kappa shape index (κ2) is 8.05. The first-order valence-electron chi connectivity index (χ1n) is 9.13. The first-order chi connectivity index (χ1) is 13.3. The van der Waals surface area contributed by atoms with E-state index >= 15 is 0 Å². The first-order valence-corrected chi connectivity index (χ1v) is 9.13. The van der Waals surface area contributed by atoms with Crippen molar-refractivity contribution in [1.29, 1.82) is 0 Å². The van der Waals surface area contributed by atoms with Crippen molar-refractivity contribution in [1.82, 2.24) is 9.97 Å². The van der Waals surface area contributed by atoms with Gasteiger partial charge in [0.2, 0.25) is 5.95 Å². The van der Waals surface area contributed by atoms with E-state index in [1.54, 1.807) is 6.20 Å². The molecule has 4 rings (SSSR count). The maximum atomic E-state index is 5.41. The van der Waals surface area contributed by atoms with Crippen molar-refractivity contribution in [2.75, 3.05) is 48.9 Å². The molecular formula is C21H23N5O. The van der Waals surface area contributed by atoms with Crippen molar-refractivity contribution in [2.24, 2.45) is 0 Å². The molecular weight excluding hydrogens is 338 g/mol. The van der Waals surface area contributed by atoms with Crippen molar-refractivity contribution >= 4 is 23.0 Å². The molecule has 0 radical (unpaired) electrons. The second-order valence-corrected chi connectivity index (χ2v) is 6.36. The summed E-state index contributed by atoms with van der Waals surface area (Å²) in [6.07, 6.45) is 1.78. The molecule has 1 fully saturated rings. The van der Waals surface area contributed by atoms with E-state index in [0.717, 1.165) is 48.9 Å². The molecule has 0 atom stereocenters. The summed E-state index contributed by atoms with van der Waals surface area (Å²) in [6.45, 7) is 3.44. The van der Waals surface area contributed by atoms with E-state index in [1.165, 1.54) is 5.69 Å². The van der Waals surface area contributed by atoms with Gasteiger partial charge in [-0.25, -0.2) is 9.97 Å². The number of benzene rings is 2. The lowest BCUT2D eigenvalue weighted by Gasteiger charge is -2.28. The highest BCUT2D eigenvalue weighted by Gasteiger charge is 2.11. The molecule has 2 heterocycles. The van der Waals surface area contributed by atoms with Gasteiger partial charge in [0.25, 0.3) is 0 Å². The molecule has 27 heavy (non-hydrogen) atoms. The lowest BCUT2D eigenvalue weighted by molar-refractivity contribution is 0.122. The van der Waals surface area contributed by atoms with Crippen LogP contribution in [0.15, 0.2) is 60.8 Å². The number of morpholine rings is 1. The lowest BCUT2D eigenvalue weighted by Crippen LogP contribution is -2.36. The quantitative estimate of drug-likeness (QED) is 0.721. The van der Waals surface area contributed by atoms with E-state index < -0.39 is 0 Å². The Labute approximate surface area is 159 Å². The Morgan fingerprint density at radius 3 is 2.30 bits per heavy atom. The second-order valence-electron chi connectivity index (χ2n) is 6.36. The summed E-state index contributed by atoms with van der Waals surface area (Å²) in [5.41, 5.74) is 5.20. The minimum Gasteiger partial charge on any atom is -0.388 e. The van der Waals surface area contributed by atoms with Gasteiger partial charge in [-0.05, 0) is 42.5 Å². The van der Waals surface area contributed by atoms with Crippen LogP contribution >= 0.6 is 0 Å². The number of nitrogens with one attached hydrogen (secondary N) is 2. The van der Waals surface area contributed by atoms with Gasteiger partial charge in [-0.2, -0.15) is 0 Å². The van der Waals surface area contributed by atoms with Crippen LogP contribution in [0.1, 0.15) is 0 Å². The van der Waals surface area contributed by atoms with Crippen molar-refractivity contribution in [3.63, 3.8) is 0 Å².